The maximum atomic E-state index is 11.9. The van der Waals surface area contributed by atoms with Gasteiger partial charge in [0.05, 0.1) is 12.6 Å². The first kappa shape index (κ1) is 13.4. The Morgan fingerprint density at radius 3 is 2.20 bits per heavy atom. The Kier molecular flexibility index (Phi) is 4.28. The molecule has 0 aliphatic rings. The fourth-order valence-corrected chi connectivity index (χ4v) is 1.06. The van der Waals surface area contributed by atoms with E-state index >= 15 is 0 Å². The quantitative estimate of drug-likeness (QED) is 0.723. The molecule has 2 amide bonds. The summed E-state index contributed by atoms with van der Waals surface area (Å²) in [7, 11) is 0. The Balaban J connectivity index is 4.88. The summed E-state index contributed by atoms with van der Waals surface area (Å²) < 4.78 is 0. The Morgan fingerprint density at radius 1 is 1.47 bits per heavy atom. The number of carbonyl (C=O) groups excluding carboxylic acids is 2. The van der Waals surface area contributed by atoms with Crippen LogP contribution in [0.1, 0.15) is 27.7 Å². The third-order valence-corrected chi connectivity index (χ3v) is 2.02. The summed E-state index contributed by atoms with van der Waals surface area (Å²) in [5.41, 5.74) is 3.91. The van der Waals surface area contributed by atoms with Crippen molar-refractivity contribution in [2.45, 2.75) is 33.7 Å². The number of primary amides is 1. The Morgan fingerprint density at radius 2 is 1.93 bits per heavy atom. The predicted molar refractivity (Wildman–Crippen MR) is 55.4 cm³/mol. The van der Waals surface area contributed by atoms with E-state index in [0.717, 1.165) is 0 Å². The number of carbonyl (C=O) groups is 2. The zero-order valence-corrected chi connectivity index (χ0v) is 9.57. The molecule has 0 aromatic heterocycles. The number of hydrogen-bond donors (Lipinski definition) is 1. The molecule has 0 aliphatic heterocycles. The fraction of sp³-hybridized carbons (Fsp3) is 0.700. The van der Waals surface area contributed by atoms with Gasteiger partial charge in [-0.3, -0.25) is 9.59 Å². The summed E-state index contributed by atoms with van der Waals surface area (Å²) >= 11 is 0. The average molecular weight is 211 g/mol. The second-order valence-corrected chi connectivity index (χ2v) is 4.23. The summed E-state index contributed by atoms with van der Waals surface area (Å²) in [4.78, 5) is 24.0. The van der Waals surface area contributed by atoms with Crippen LogP contribution in [-0.2, 0) is 9.59 Å². The zero-order valence-electron chi connectivity index (χ0n) is 9.57. The number of amides is 2. The monoisotopic (exact) mass is 211 g/mol. The lowest BCUT2D eigenvalue weighted by Crippen LogP contribution is -2.48. The number of nitriles is 1. The largest absolute Gasteiger partial charge is 0.368 e. The Hall–Kier alpha value is -1.57. The van der Waals surface area contributed by atoms with Gasteiger partial charge in [-0.15, -0.1) is 0 Å². The predicted octanol–water partition coefficient (Wildman–Crippen LogP) is 0.258. The maximum Gasteiger partial charge on any atom is 0.243 e. The van der Waals surface area contributed by atoms with E-state index in [9.17, 15) is 9.59 Å². The van der Waals surface area contributed by atoms with E-state index in [0.29, 0.717) is 0 Å². The molecule has 0 saturated carbocycles. The molecule has 2 N–H and O–H groups in total. The lowest BCUT2D eigenvalue weighted by Gasteiger charge is -2.30. The minimum Gasteiger partial charge on any atom is -0.368 e. The van der Waals surface area contributed by atoms with Crippen LogP contribution in [0.25, 0.3) is 0 Å². The first-order valence-electron chi connectivity index (χ1n) is 4.73. The second-order valence-electron chi connectivity index (χ2n) is 4.23. The molecule has 5 nitrogen and oxygen atoms in total. The molecular weight excluding hydrogens is 194 g/mol. The van der Waals surface area contributed by atoms with Gasteiger partial charge in [0.1, 0.15) is 5.41 Å². The van der Waals surface area contributed by atoms with Crippen LogP contribution in [0, 0.1) is 16.7 Å². The SMILES string of the molecule is CC(C)N(CC(N)=O)C(=O)C(C)(C)C#N. The van der Waals surface area contributed by atoms with Crippen molar-refractivity contribution in [3.8, 4) is 6.07 Å². The van der Waals surface area contributed by atoms with Gasteiger partial charge in [-0.1, -0.05) is 0 Å². The maximum absolute atomic E-state index is 11.9. The first-order chi connectivity index (χ1) is 6.72. The van der Waals surface area contributed by atoms with E-state index in [4.69, 9.17) is 11.0 Å². The normalized spacial score (nSPS) is 10.9. The first-order valence-corrected chi connectivity index (χ1v) is 4.73. The molecule has 0 spiro atoms. The highest BCUT2D eigenvalue weighted by molar-refractivity contribution is 5.88. The van der Waals surface area contributed by atoms with E-state index in [-0.39, 0.29) is 18.5 Å². The van der Waals surface area contributed by atoms with Crippen molar-refractivity contribution >= 4 is 11.8 Å². The highest BCUT2D eigenvalue weighted by atomic mass is 16.2. The molecule has 0 fully saturated rings. The van der Waals surface area contributed by atoms with E-state index in [1.807, 2.05) is 6.07 Å². The third-order valence-electron chi connectivity index (χ3n) is 2.02. The third kappa shape index (κ3) is 3.58. The molecule has 5 heteroatoms. The van der Waals surface area contributed by atoms with Gasteiger partial charge >= 0.3 is 0 Å². The second kappa shape index (κ2) is 4.78. The topological polar surface area (TPSA) is 87.2 Å². The number of rotatable bonds is 4. The highest BCUT2D eigenvalue weighted by Crippen LogP contribution is 2.18. The summed E-state index contributed by atoms with van der Waals surface area (Å²) in [6.45, 7) is 6.43. The van der Waals surface area contributed by atoms with Gasteiger partial charge in [0.15, 0.2) is 0 Å². The lowest BCUT2D eigenvalue weighted by atomic mass is 9.93. The lowest BCUT2D eigenvalue weighted by molar-refractivity contribution is -0.142. The standard InChI is InChI=1S/C10H17N3O2/c1-7(2)13(5-8(12)14)9(15)10(3,4)6-11/h7H,5H2,1-4H3,(H2,12,14). The van der Waals surface area contributed by atoms with Crippen LogP contribution >= 0.6 is 0 Å². The van der Waals surface area contributed by atoms with Crippen LogP contribution in [0.5, 0.6) is 0 Å². The summed E-state index contributed by atoms with van der Waals surface area (Å²) in [5, 5.41) is 8.82. The molecule has 84 valence electrons. The van der Waals surface area contributed by atoms with Crippen molar-refractivity contribution < 1.29 is 9.59 Å². The number of nitrogens with zero attached hydrogens (tertiary/aromatic N) is 2. The smallest absolute Gasteiger partial charge is 0.243 e. The van der Waals surface area contributed by atoms with E-state index in [1.54, 1.807) is 13.8 Å². The molecule has 0 aromatic rings. The van der Waals surface area contributed by atoms with Crippen LogP contribution in [0.3, 0.4) is 0 Å². The highest BCUT2D eigenvalue weighted by Gasteiger charge is 2.33. The van der Waals surface area contributed by atoms with E-state index in [2.05, 4.69) is 0 Å². The zero-order chi connectivity index (χ0) is 12.2. The molecule has 0 heterocycles. The molecule has 0 rings (SSSR count). The molecular formula is C10H17N3O2. The average Bonchev–Trinajstić information content (AvgIpc) is 2.12. The summed E-state index contributed by atoms with van der Waals surface area (Å²) in [6.07, 6.45) is 0. The molecule has 0 radical (unpaired) electrons. The van der Waals surface area contributed by atoms with Gasteiger partial charge in [0, 0.05) is 6.04 Å². The molecule has 0 bridgehead atoms. The Bertz CT molecular complexity index is 302. The van der Waals surface area contributed by atoms with Gasteiger partial charge in [-0.05, 0) is 27.7 Å². The van der Waals surface area contributed by atoms with Crippen LogP contribution in [-0.4, -0.2) is 29.3 Å². The Labute approximate surface area is 89.8 Å². The van der Waals surface area contributed by atoms with Crippen molar-refractivity contribution in [2.75, 3.05) is 6.54 Å². The minimum absolute atomic E-state index is 0.151. The molecule has 0 unspecified atom stereocenters. The van der Waals surface area contributed by atoms with Crippen LogP contribution in [0.4, 0.5) is 0 Å². The van der Waals surface area contributed by atoms with Gasteiger partial charge in [0.2, 0.25) is 11.8 Å². The van der Waals surface area contributed by atoms with Crippen LogP contribution < -0.4 is 5.73 Å². The number of nitrogens with two attached hydrogens (primary N) is 1. The fourth-order valence-electron chi connectivity index (χ4n) is 1.06. The van der Waals surface area contributed by atoms with Crippen LogP contribution in [0.2, 0.25) is 0 Å². The van der Waals surface area contributed by atoms with Gasteiger partial charge in [0.25, 0.3) is 0 Å². The minimum atomic E-state index is -1.13. The molecule has 0 aliphatic carbocycles. The molecule has 0 saturated heterocycles. The van der Waals surface area contributed by atoms with Crippen molar-refractivity contribution in [3.63, 3.8) is 0 Å². The van der Waals surface area contributed by atoms with Crippen LogP contribution in [0.15, 0.2) is 0 Å². The summed E-state index contributed by atoms with van der Waals surface area (Å²) in [5.74, 6) is -0.954. The van der Waals surface area contributed by atoms with Crippen molar-refractivity contribution in [2.24, 2.45) is 11.1 Å². The molecule has 0 aromatic carbocycles. The number of hydrogen-bond acceptors (Lipinski definition) is 3. The van der Waals surface area contributed by atoms with Crippen molar-refractivity contribution in [1.29, 1.82) is 5.26 Å². The van der Waals surface area contributed by atoms with Crippen molar-refractivity contribution in [1.82, 2.24) is 4.90 Å². The van der Waals surface area contributed by atoms with Crippen molar-refractivity contribution in [3.05, 3.63) is 0 Å². The van der Waals surface area contributed by atoms with Gasteiger partial charge in [-0.2, -0.15) is 5.26 Å². The summed E-state index contributed by atoms with van der Waals surface area (Å²) in [6, 6.07) is 1.75. The van der Waals surface area contributed by atoms with Gasteiger partial charge in [-0.25, -0.2) is 0 Å². The molecule has 15 heavy (non-hydrogen) atoms. The van der Waals surface area contributed by atoms with E-state index in [1.165, 1.54) is 18.7 Å². The van der Waals surface area contributed by atoms with E-state index < -0.39 is 11.3 Å². The molecule has 0 atom stereocenters. The van der Waals surface area contributed by atoms with Gasteiger partial charge < -0.3 is 10.6 Å².